The number of rotatable bonds is 4. The molecule has 140 valence electrons. The molecule has 0 radical (unpaired) electrons. The molecule has 2 aliphatic rings. The van der Waals surface area contributed by atoms with Crippen molar-refractivity contribution in [3.05, 3.63) is 71.6 Å². The van der Waals surface area contributed by atoms with Crippen LogP contribution in [0.25, 0.3) is 10.8 Å². The van der Waals surface area contributed by atoms with E-state index in [2.05, 4.69) is 34.7 Å². The first-order valence-electron chi connectivity index (χ1n) is 9.43. The predicted octanol–water partition coefficient (Wildman–Crippen LogP) is 2.58. The molecule has 4 rings (SSSR count). The van der Waals surface area contributed by atoms with E-state index in [4.69, 9.17) is 4.74 Å². The normalized spacial score (nSPS) is 19.8. The highest BCUT2D eigenvalue weighted by Crippen LogP contribution is 2.22. The molecular weight excluding hydrogens is 338 g/mol. The number of hydrogen-bond donors (Lipinski definition) is 2. The second-order valence-electron chi connectivity index (χ2n) is 7.12. The minimum Gasteiger partial charge on any atom is -0.378 e. The van der Waals surface area contributed by atoms with Crippen molar-refractivity contribution in [2.75, 3.05) is 32.8 Å². The van der Waals surface area contributed by atoms with Crippen LogP contribution < -0.4 is 10.6 Å². The average molecular weight is 363 g/mol. The van der Waals surface area contributed by atoms with Crippen molar-refractivity contribution in [3.63, 3.8) is 0 Å². The molecule has 2 heterocycles. The van der Waals surface area contributed by atoms with Crippen molar-refractivity contribution < 1.29 is 9.53 Å². The Morgan fingerprint density at radius 1 is 1.26 bits per heavy atom. The summed E-state index contributed by atoms with van der Waals surface area (Å²) in [4.78, 5) is 15.1. The van der Waals surface area contributed by atoms with Gasteiger partial charge in [0.2, 0.25) is 0 Å². The summed E-state index contributed by atoms with van der Waals surface area (Å²) in [5, 5.41) is 8.66. The second-order valence-corrected chi connectivity index (χ2v) is 7.12. The third-order valence-electron chi connectivity index (χ3n) is 5.08. The van der Waals surface area contributed by atoms with Gasteiger partial charge in [0.25, 0.3) is 5.91 Å². The van der Waals surface area contributed by atoms with Gasteiger partial charge in [0, 0.05) is 30.4 Å². The zero-order chi connectivity index (χ0) is 18.6. The van der Waals surface area contributed by atoms with Crippen LogP contribution in [0, 0.1) is 6.92 Å². The number of carbonyl (C=O) groups excluding carboxylic acids is 1. The van der Waals surface area contributed by atoms with Gasteiger partial charge < -0.3 is 20.3 Å². The highest BCUT2D eigenvalue weighted by atomic mass is 16.5. The number of hydrogen-bond acceptors (Lipinski definition) is 4. The number of carbonyl (C=O) groups is 1. The fourth-order valence-corrected chi connectivity index (χ4v) is 3.69. The van der Waals surface area contributed by atoms with E-state index in [0.717, 1.165) is 42.8 Å². The van der Waals surface area contributed by atoms with E-state index in [-0.39, 0.29) is 5.91 Å². The Bertz CT molecular complexity index is 898. The van der Waals surface area contributed by atoms with Crippen LogP contribution in [-0.4, -0.2) is 49.7 Å². The number of ether oxygens (including phenoxy) is 1. The van der Waals surface area contributed by atoms with Crippen LogP contribution >= 0.6 is 0 Å². The highest BCUT2D eigenvalue weighted by molar-refractivity contribution is 6.08. The van der Waals surface area contributed by atoms with Crippen LogP contribution in [-0.2, 0) is 4.74 Å². The van der Waals surface area contributed by atoms with E-state index in [1.165, 1.54) is 5.56 Å². The quantitative estimate of drug-likeness (QED) is 0.877. The Kier molecular flexibility index (Phi) is 5.23. The van der Waals surface area contributed by atoms with Crippen molar-refractivity contribution in [1.29, 1.82) is 0 Å². The molecule has 1 unspecified atom stereocenters. The summed E-state index contributed by atoms with van der Waals surface area (Å²) in [5.41, 5.74) is 2.79. The molecular formula is C22H25N3O2. The third kappa shape index (κ3) is 4.04. The van der Waals surface area contributed by atoms with Crippen LogP contribution in [0.2, 0.25) is 0 Å². The maximum absolute atomic E-state index is 12.9. The summed E-state index contributed by atoms with van der Waals surface area (Å²) >= 11 is 0. The van der Waals surface area contributed by atoms with Crippen LogP contribution in [0.1, 0.15) is 15.9 Å². The van der Waals surface area contributed by atoms with Crippen molar-refractivity contribution in [1.82, 2.24) is 15.5 Å². The number of aryl methyl sites for hydroxylation is 1. The highest BCUT2D eigenvalue weighted by Gasteiger charge is 2.19. The van der Waals surface area contributed by atoms with Crippen LogP contribution in [0.3, 0.4) is 0 Å². The fourth-order valence-electron chi connectivity index (χ4n) is 3.69. The molecule has 5 heteroatoms. The molecule has 5 nitrogen and oxygen atoms in total. The summed E-state index contributed by atoms with van der Waals surface area (Å²) in [7, 11) is 0. The Balaban J connectivity index is 1.45. The van der Waals surface area contributed by atoms with Crippen LogP contribution in [0.15, 0.2) is 60.4 Å². The first-order chi connectivity index (χ1) is 13.2. The zero-order valence-corrected chi connectivity index (χ0v) is 15.6. The van der Waals surface area contributed by atoms with E-state index >= 15 is 0 Å². The van der Waals surface area contributed by atoms with Gasteiger partial charge in [-0.15, -0.1) is 0 Å². The van der Waals surface area contributed by atoms with Crippen molar-refractivity contribution in [2.45, 2.75) is 13.0 Å². The lowest BCUT2D eigenvalue weighted by Gasteiger charge is -2.31. The molecule has 1 fully saturated rings. The molecule has 0 spiro atoms. The van der Waals surface area contributed by atoms with Gasteiger partial charge in [-0.05, 0) is 47.7 Å². The summed E-state index contributed by atoms with van der Waals surface area (Å²) in [6.45, 7) is 6.01. The average Bonchev–Trinajstić information content (AvgIpc) is 2.69. The Hall–Kier alpha value is -2.63. The van der Waals surface area contributed by atoms with Gasteiger partial charge in [0.1, 0.15) is 0 Å². The standard InChI is InChI=1S/C22H25N3O2/c1-16-8-9-21(20-7-3-2-6-19(16)20)22(26)24-17-5-4-11-25(13-17)14-18-15-27-12-10-23-18/h2-9,11,18,23H,10,12-15H2,1H3,(H,24,26). The van der Waals surface area contributed by atoms with Gasteiger partial charge >= 0.3 is 0 Å². The number of nitrogens with zero attached hydrogens (tertiary/aromatic N) is 1. The minimum atomic E-state index is -0.0631. The number of amides is 1. The first-order valence-corrected chi connectivity index (χ1v) is 9.43. The van der Waals surface area contributed by atoms with Gasteiger partial charge in [-0.1, -0.05) is 30.3 Å². The van der Waals surface area contributed by atoms with E-state index in [0.29, 0.717) is 18.2 Å². The zero-order valence-electron chi connectivity index (χ0n) is 15.6. The Morgan fingerprint density at radius 2 is 2.11 bits per heavy atom. The first kappa shape index (κ1) is 17.8. The maximum atomic E-state index is 12.9. The predicted molar refractivity (Wildman–Crippen MR) is 108 cm³/mol. The Morgan fingerprint density at radius 3 is 2.93 bits per heavy atom. The van der Waals surface area contributed by atoms with Crippen LogP contribution in [0.4, 0.5) is 0 Å². The molecule has 0 saturated carbocycles. The molecule has 0 aliphatic carbocycles. The lowest BCUT2D eigenvalue weighted by Crippen LogP contribution is -2.48. The van der Waals surface area contributed by atoms with Gasteiger partial charge in [0.15, 0.2) is 0 Å². The Labute approximate surface area is 159 Å². The van der Waals surface area contributed by atoms with Crippen molar-refractivity contribution in [2.24, 2.45) is 0 Å². The molecule has 1 atom stereocenters. The second kappa shape index (κ2) is 7.94. The molecule has 2 aromatic carbocycles. The lowest BCUT2D eigenvalue weighted by atomic mass is 10.00. The van der Waals surface area contributed by atoms with Gasteiger partial charge in [-0.25, -0.2) is 0 Å². The fraction of sp³-hybridized carbons (Fsp3) is 0.318. The summed E-state index contributed by atoms with van der Waals surface area (Å²) < 4.78 is 5.53. The van der Waals surface area contributed by atoms with Gasteiger partial charge in [-0.2, -0.15) is 0 Å². The molecule has 2 N–H and O–H groups in total. The number of benzene rings is 2. The number of allylic oxidation sites excluding steroid dienone is 2. The molecule has 1 saturated heterocycles. The summed E-state index contributed by atoms with van der Waals surface area (Å²) in [6, 6.07) is 12.3. The third-order valence-corrected chi connectivity index (χ3v) is 5.08. The van der Waals surface area contributed by atoms with Gasteiger partial charge in [0.05, 0.1) is 19.8 Å². The van der Waals surface area contributed by atoms with E-state index in [1.54, 1.807) is 0 Å². The molecule has 0 bridgehead atoms. The summed E-state index contributed by atoms with van der Waals surface area (Å²) in [5.74, 6) is -0.0631. The van der Waals surface area contributed by atoms with E-state index in [1.807, 2.05) is 42.5 Å². The van der Waals surface area contributed by atoms with E-state index in [9.17, 15) is 4.79 Å². The molecule has 2 aliphatic heterocycles. The van der Waals surface area contributed by atoms with E-state index < -0.39 is 0 Å². The minimum absolute atomic E-state index is 0.0631. The molecule has 27 heavy (non-hydrogen) atoms. The topological polar surface area (TPSA) is 53.6 Å². The van der Waals surface area contributed by atoms with Crippen molar-refractivity contribution in [3.8, 4) is 0 Å². The maximum Gasteiger partial charge on any atom is 0.256 e. The smallest absolute Gasteiger partial charge is 0.256 e. The number of nitrogens with one attached hydrogen (secondary N) is 2. The number of fused-ring (bicyclic) bond motifs is 1. The lowest BCUT2D eigenvalue weighted by molar-refractivity contribution is 0.0680. The SMILES string of the molecule is Cc1ccc(C(=O)NC2=CC=CN(CC3COCCN3)C2)c2ccccc12. The largest absolute Gasteiger partial charge is 0.378 e. The van der Waals surface area contributed by atoms with Gasteiger partial charge in [-0.3, -0.25) is 4.79 Å². The molecule has 1 amide bonds. The molecule has 0 aromatic heterocycles. The summed E-state index contributed by atoms with van der Waals surface area (Å²) in [6.07, 6.45) is 6.01. The van der Waals surface area contributed by atoms with Crippen LogP contribution in [0.5, 0.6) is 0 Å². The monoisotopic (exact) mass is 363 g/mol. The number of morpholine rings is 1. The molecule has 2 aromatic rings. The van der Waals surface area contributed by atoms with Crippen molar-refractivity contribution >= 4 is 16.7 Å².